The van der Waals surface area contributed by atoms with Gasteiger partial charge < -0.3 is 13.9 Å². The van der Waals surface area contributed by atoms with E-state index in [-0.39, 0.29) is 17.4 Å². The molecular formula is C21H15BrN2O5. The van der Waals surface area contributed by atoms with Crippen LogP contribution in [0.15, 0.2) is 68.8 Å². The Morgan fingerprint density at radius 1 is 1.10 bits per heavy atom. The molecule has 1 amide bonds. The third-order valence-corrected chi connectivity index (χ3v) is 4.74. The SMILES string of the molecule is O=C(NN=Cc1cc(Br)ccc1OC(=O)c1ccco1)c1ccc2c(c1)COC2. The molecule has 0 spiro atoms. The fraction of sp³-hybridized carbons (Fsp3) is 0.0952. The van der Waals surface area contributed by atoms with E-state index in [4.69, 9.17) is 13.9 Å². The highest BCUT2D eigenvalue weighted by molar-refractivity contribution is 9.10. The second-order valence-corrected chi connectivity index (χ2v) is 7.14. The van der Waals surface area contributed by atoms with Gasteiger partial charge in [0.05, 0.1) is 25.7 Å². The Morgan fingerprint density at radius 3 is 2.79 bits per heavy atom. The highest BCUT2D eigenvalue weighted by atomic mass is 79.9. The molecule has 0 fully saturated rings. The van der Waals surface area contributed by atoms with Gasteiger partial charge >= 0.3 is 5.97 Å². The van der Waals surface area contributed by atoms with E-state index < -0.39 is 5.97 Å². The largest absolute Gasteiger partial charge is 0.457 e. The number of carbonyl (C=O) groups is 2. The first-order valence-electron chi connectivity index (χ1n) is 8.68. The van der Waals surface area contributed by atoms with Gasteiger partial charge in [-0.15, -0.1) is 0 Å². The van der Waals surface area contributed by atoms with Crippen LogP contribution in [0.1, 0.15) is 37.6 Å². The maximum atomic E-state index is 12.3. The number of hydrogen-bond acceptors (Lipinski definition) is 6. The summed E-state index contributed by atoms with van der Waals surface area (Å²) in [6.07, 6.45) is 2.80. The van der Waals surface area contributed by atoms with Crippen LogP contribution < -0.4 is 10.2 Å². The highest BCUT2D eigenvalue weighted by Crippen LogP contribution is 2.23. The molecule has 146 valence electrons. The van der Waals surface area contributed by atoms with Crippen molar-refractivity contribution in [2.45, 2.75) is 13.2 Å². The average molecular weight is 455 g/mol. The lowest BCUT2D eigenvalue weighted by Gasteiger charge is -2.07. The molecule has 3 aromatic rings. The summed E-state index contributed by atoms with van der Waals surface area (Å²) in [4.78, 5) is 24.5. The lowest BCUT2D eigenvalue weighted by Crippen LogP contribution is -2.18. The van der Waals surface area contributed by atoms with Crippen molar-refractivity contribution in [3.63, 3.8) is 0 Å². The summed E-state index contributed by atoms with van der Waals surface area (Å²) in [5.41, 5.74) is 5.56. The van der Waals surface area contributed by atoms with Gasteiger partial charge in [-0.05, 0) is 53.6 Å². The number of amides is 1. The van der Waals surface area contributed by atoms with Crippen LogP contribution in [0.2, 0.25) is 0 Å². The summed E-state index contributed by atoms with van der Waals surface area (Å²) in [7, 11) is 0. The first kappa shape index (κ1) is 19.1. The first-order chi connectivity index (χ1) is 14.1. The number of nitrogens with zero attached hydrogens (tertiary/aromatic N) is 1. The van der Waals surface area contributed by atoms with Crippen LogP contribution in [0, 0.1) is 0 Å². The van der Waals surface area contributed by atoms with Gasteiger partial charge in [0.2, 0.25) is 5.76 Å². The third-order valence-electron chi connectivity index (χ3n) is 4.25. The molecule has 0 unspecified atom stereocenters. The molecule has 1 aliphatic heterocycles. The summed E-state index contributed by atoms with van der Waals surface area (Å²) in [6, 6.07) is 13.6. The molecule has 2 heterocycles. The van der Waals surface area contributed by atoms with Crippen molar-refractivity contribution in [1.29, 1.82) is 0 Å². The third kappa shape index (κ3) is 4.44. The zero-order valence-corrected chi connectivity index (χ0v) is 16.6. The zero-order valence-electron chi connectivity index (χ0n) is 15.1. The number of rotatable bonds is 5. The van der Waals surface area contributed by atoms with E-state index in [1.54, 1.807) is 36.4 Å². The van der Waals surface area contributed by atoms with Gasteiger partial charge in [0, 0.05) is 15.6 Å². The lowest BCUT2D eigenvalue weighted by atomic mass is 10.1. The van der Waals surface area contributed by atoms with Gasteiger partial charge in [-0.2, -0.15) is 5.10 Å². The van der Waals surface area contributed by atoms with Gasteiger partial charge in [-0.25, -0.2) is 10.2 Å². The van der Waals surface area contributed by atoms with Crippen LogP contribution in [-0.2, 0) is 18.0 Å². The molecule has 1 aromatic heterocycles. The van der Waals surface area contributed by atoms with Crippen molar-refractivity contribution in [3.05, 3.63) is 87.3 Å². The van der Waals surface area contributed by atoms with E-state index in [0.29, 0.717) is 24.3 Å². The van der Waals surface area contributed by atoms with Crippen molar-refractivity contribution in [1.82, 2.24) is 5.43 Å². The molecule has 0 saturated carbocycles. The normalized spacial score (nSPS) is 12.7. The molecule has 2 aromatic carbocycles. The predicted molar refractivity (Wildman–Crippen MR) is 108 cm³/mol. The first-order valence-corrected chi connectivity index (χ1v) is 9.47. The summed E-state index contributed by atoms with van der Waals surface area (Å²) in [5, 5.41) is 3.99. The van der Waals surface area contributed by atoms with Crippen molar-refractivity contribution >= 4 is 34.0 Å². The smallest absolute Gasteiger partial charge is 0.379 e. The van der Waals surface area contributed by atoms with Crippen LogP contribution in [0.4, 0.5) is 0 Å². The number of esters is 1. The summed E-state index contributed by atoms with van der Waals surface area (Å²) in [5.74, 6) is -0.608. The molecular weight excluding hydrogens is 440 g/mol. The summed E-state index contributed by atoms with van der Waals surface area (Å²) >= 11 is 3.37. The molecule has 0 aliphatic carbocycles. The van der Waals surface area contributed by atoms with E-state index in [9.17, 15) is 9.59 Å². The molecule has 29 heavy (non-hydrogen) atoms. The Hall–Kier alpha value is -3.23. The fourth-order valence-corrected chi connectivity index (χ4v) is 3.18. The van der Waals surface area contributed by atoms with E-state index in [1.165, 1.54) is 18.5 Å². The Labute approximate surface area is 174 Å². The minimum atomic E-state index is -0.628. The maximum absolute atomic E-state index is 12.3. The second kappa shape index (κ2) is 8.42. The second-order valence-electron chi connectivity index (χ2n) is 6.22. The van der Waals surface area contributed by atoms with E-state index >= 15 is 0 Å². The van der Waals surface area contributed by atoms with Gasteiger partial charge in [0.15, 0.2) is 0 Å². The van der Waals surface area contributed by atoms with Crippen molar-refractivity contribution in [2.24, 2.45) is 5.10 Å². The van der Waals surface area contributed by atoms with E-state index in [2.05, 4.69) is 26.5 Å². The van der Waals surface area contributed by atoms with E-state index in [0.717, 1.165) is 15.6 Å². The number of carbonyl (C=O) groups excluding carboxylic acids is 2. The van der Waals surface area contributed by atoms with Gasteiger partial charge in [-0.3, -0.25) is 4.79 Å². The number of ether oxygens (including phenoxy) is 2. The molecule has 4 rings (SSSR count). The molecule has 1 N–H and O–H groups in total. The summed E-state index contributed by atoms with van der Waals surface area (Å²) in [6.45, 7) is 1.07. The predicted octanol–water partition coefficient (Wildman–Crippen LogP) is 4.06. The Kier molecular flexibility index (Phi) is 5.55. The molecule has 0 bridgehead atoms. The Morgan fingerprint density at radius 2 is 1.97 bits per heavy atom. The van der Waals surface area contributed by atoms with Crippen molar-refractivity contribution in [2.75, 3.05) is 0 Å². The molecule has 0 saturated heterocycles. The number of fused-ring (bicyclic) bond motifs is 1. The number of hydrogen-bond donors (Lipinski definition) is 1. The highest BCUT2D eigenvalue weighted by Gasteiger charge is 2.15. The lowest BCUT2D eigenvalue weighted by molar-refractivity contribution is 0.0700. The number of halogens is 1. The Balaban J connectivity index is 1.47. The fourth-order valence-electron chi connectivity index (χ4n) is 2.80. The minimum Gasteiger partial charge on any atom is -0.457 e. The summed E-state index contributed by atoms with van der Waals surface area (Å²) < 4.78 is 16.5. The van der Waals surface area contributed by atoms with Crippen LogP contribution in [-0.4, -0.2) is 18.1 Å². The standard InChI is InChI=1S/C21H15BrN2O5/c22-17-5-6-18(29-21(26)19-2-1-7-28-19)15(9-17)10-23-24-20(25)13-3-4-14-11-27-12-16(14)8-13/h1-10H,11-12H2,(H,24,25). The number of benzene rings is 2. The van der Waals surface area contributed by atoms with Crippen LogP contribution in [0.5, 0.6) is 5.75 Å². The molecule has 1 aliphatic rings. The molecule has 0 radical (unpaired) electrons. The number of furan rings is 1. The minimum absolute atomic E-state index is 0.0877. The van der Waals surface area contributed by atoms with Crippen LogP contribution in [0.3, 0.4) is 0 Å². The topological polar surface area (TPSA) is 90.1 Å². The Bertz CT molecular complexity index is 1090. The van der Waals surface area contributed by atoms with Gasteiger partial charge in [0.1, 0.15) is 5.75 Å². The van der Waals surface area contributed by atoms with Crippen molar-refractivity contribution in [3.8, 4) is 5.75 Å². The van der Waals surface area contributed by atoms with Gasteiger partial charge in [-0.1, -0.05) is 22.0 Å². The zero-order chi connectivity index (χ0) is 20.2. The van der Waals surface area contributed by atoms with Gasteiger partial charge in [0.25, 0.3) is 5.91 Å². The van der Waals surface area contributed by atoms with Crippen LogP contribution in [0.25, 0.3) is 0 Å². The quantitative estimate of drug-likeness (QED) is 0.271. The molecule has 0 atom stereocenters. The molecule has 7 nitrogen and oxygen atoms in total. The monoisotopic (exact) mass is 454 g/mol. The number of nitrogens with one attached hydrogen (secondary N) is 1. The van der Waals surface area contributed by atoms with Crippen molar-refractivity contribution < 1.29 is 23.5 Å². The average Bonchev–Trinajstić information content (AvgIpc) is 3.41. The number of hydrazone groups is 1. The molecule has 8 heteroatoms. The maximum Gasteiger partial charge on any atom is 0.379 e. The van der Waals surface area contributed by atoms with Crippen LogP contribution >= 0.6 is 15.9 Å². The van der Waals surface area contributed by atoms with E-state index in [1.807, 2.05) is 6.07 Å².